The molecule has 0 saturated carbocycles. The van der Waals surface area contributed by atoms with E-state index in [0.29, 0.717) is 11.1 Å². The largest absolute Gasteiger partial charge is 0.300 e. The smallest absolute Gasteiger partial charge is 0.295 e. The van der Waals surface area contributed by atoms with Crippen LogP contribution in [0.25, 0.3) is 11.1 Å². The SMILES string of the molecule is O=C1c2ccccc2-c2ccccc2C12OOC(c1ccccc1)O2. The summed E-state index contributed by atoms with van der Waals surface area (Å²) in [5.41, 5.74) is 3.82. The first-order chi connectivity index (χ1) is 12.3. The average Bonchev–Trinajstić information content (AvgIpc) is 3.14. The van der Waals surface area contributed by atoms with Crippen LogP contribution in [0.1, 0.15) is 27.8 Å². The molecule has 4 nitrogen and oxygen atoms in total. The third-order valence-corrected chi connectivity index (χ3v) is 4.64. The third-order valence-electron chi connectivity index (χ3n) is 4.64. The predicted octanol–water partition coefficient (Wildman–Crippen LogP) is 4.38. The molecule has 3 aromatic rings. The van der Waals surface area contributed by atoms with Gasteiger partial charge in [0.25, 0.3) is 5.79 Å². The number of fused-ring (bicyclic) bond motifs is 4. The standard InChI is InChI=1S/C21H14O4/c22-19-17-12-5-4-10-15(17)16-11-6-7-13-18(16)21(19)23-20(24-25-21)14-8-2-1-3-9-14/h1-13,20H. The fourth-order valence-corrected chi connectivity index (χ4v) is 3.46. The van der Waals surface area contributed by atoms with Crippen molar-refractivity contribution >= 4 is 5.78 Å². The van der Waals surface area contributed by atoms with E-state index >= 15 is 0 Å². The van der Waals surface area contributed by atoms with Gasteiger partial charge >= 0.3 is 0 Å². The van der Waals surface area contributed by atoms with Crippen LogP contribution in [0.3, 0.4) is 0 Å². The maximum absolute atomic E-state index is 13.3. The van der Waals surface area contributed by atoms with Crippen molar-refractivity contribution in [1.82, 2.24) is 0 Å². The van der Waals surface area contributed by atoms with Crippen LogP contribution in [-0.4, -0.2) is 5.78 Å². The van der Waals surface area contributed by atoms with Crippen molar-refractivity contribution < 1.29 is 19.3 Å². The van der Waals surface area contributed by atoms with Gasteiger partial charge in [-0.15, -0.1) is 0 Å². The first kappa shape index (κ1) is 14.5. The molecule has 2 atom stereocenters. The van der Waals surface area contributed by atoms with E-state index in [0.717, 1.165) is 16.7 Å². The Kier molecular flexibility index (Phi) is 3.12. The van der Waals surface area contributed by atoms with E-state index in [-0.39, 0.29) is 5.78 Å². The molecule has 1 fully saturated rings. The van der Waals surface area contributed by atoms with Gasteiger partial charge in [-0.2, -0.15) is 9.78 Å². The van der Waals surface area contributed by atoms with Crippen LogP contribution in [0.15, 0.2) is 78.9 Å². The Morgan fingerprint density at radius 2 is 1.36 bits per heavy atom. The van der Waals surface area contributed by atoms with Crippen molar-refractivity contribution in [3.8, 4) is 11.1 Å². The van der Waals surface area contributed by atoms with Gasteiger partial charge in [0, 0.05) is 16.7 Å². The quantitative estimate of drug-likeness (QED) is 0.621. The molecule has 2 unspecified atom stereocenters. The van der Waals surface area contributed by atoms with Gasteiger partial charge in [0.2, 0.25) is 12.1 Å². The molecule has 0 N–H and O–H groups in total. The molecular formula is C21H14O4. The summed E-state index contributed by atoms with van der Waals surface area (Å²) < 4.78 is 6.08. The summed E-state index contributed by atoms with van der Waals surface area (Å²) in [6, 6.07) is 24.5. The number of hydrogen-bond donors (Lipinski definition) is 0. The van der Waals surface area contributed by atoms with Crippen LogP contribution in [0.2, 0.25) is 0 Å². The Balaban J connectivity index is 1.66. The number of rotatable bonds is 1. The van der Waals surface area contributed by atoms with E-state index in [4.69, 9.17) is 14.5 Å². The number of hydrogen-bond acceptors (Lipinski definition) is 4. The number of benzene rings is 3. The molecule has 1 saturated heterocycles. The van der Waals surface area contributed by atoms with Crippen molar-refractivity contribution in [2.75, 3.05) is 0 Å². The maximum atomic E-state index is 13.3. The minimum Gasteiger partial charge on any atom is -0.300 e. The maximum Gasteiger partial charge on any atom is 0.295 e. The van der Waals surface area contributed by atoms with E-state index in [2.05, 4.69) is 0 Å². The molecule has 0 aromatic heterocycles. The topological polar surface area (TPSA) is 44.8 Å². The molecule has 1 aliphatic heterocycles. The monoisotopic (exact) mass is 330 g/mol. The van der Waals surface area contributed by atoms with Crippen LogP contribution in [0.4, 0.5) is 0 Å². The fraction of sp³-hybridized carbons (Fsp3) is 0.0952. The zero-order valence-corrected chi connectivity index (χ0v) is 13.2. The van der Waals surface area contributed by atoms with Crippen molar-refractivity contribution in [3.63, 3.8) is 0 Å². The minimum absolute atomic E-state index is 0.250. The summed E-state index contributed by atoms with van der Waals surface area (Å²) in [5.74, 6) is -1.83. The summed E-state index contributed by atoms with van der Waals surface area (Å²) in [6.07, 6.45) is -0.761. The van der Waals surface area contributed by atoms with Crippen molar-refractivity contribution in [1.29, 1.82) is 0 Å². The molecule has 1 spiro atoms. The third kappa shape index (κ3) is 2.02. The molecule has 0 radical (unpaired) electrons. The number of Topliss-reactive ketones (excluding diaryl/α,β-unsaturated/α-hetero) is 1. The first-order valence-corrected chi connectivity index (χ1v) is 8.10. The van der Waals surface area contributed by atoms with Gasteiger partial charge in [-0.25, -0.2) is 0 Å². The van der Waals surface area contributed by atoms with Gasteiger partial charge in [-0.1, -0.05) is 78.9 Å². The highest BCUT2D eigenvalue weighted by molar-refractivity contribution is 6.11. The second-order valence-electron chi connectivity index (χ2n) is 6.08. The molecule has 3 aromatic carbocycles. The highest BCUT2D eigenvalue weighted by Crippen LogP contribution is 2.50. The number of ketones is 1. The Bertz CT molecular complexity index is 966. The van der Waals surface area contributed by atoms with Gasteiger partial charge in [0.1, 0.15) is 0 Å². The van der Waals surface area contributed by atoms with Crippen LogP contribution in [0.5, 0.6) is 0 Å². The van der Waals surface area contributed by atoms with Gasteiger partial charge in [0.15, 0.2) is 0 Å². The van der Waals surface area contributed by atoms with Gasteiger partial charge < -0.3 is 4.74 Å². The first-order valence-electron chi connectivity index (χ1n) is 8.10. The van der Waals surface area contributed by atoms with Crippen LogP contribution < -0.4 is 0 Å². The van der Waals surface area contributed by atoms with Crippen LogP contribution in [0, 0.1) is 0 Å². The molecular weight excluding hydrogens is 316 g/mol. The Hall–Kier alpha value is -2.79. The lowest BCUT2D eigenvalue weighted by molar-refractivity contribution is -0.320. The van der Waals surface area contributed by atoms with E-state index in [1.807, 2.05) is 72.8 Å². The Labute approximate surface area is 144 Å². The molecule has 5 rings (SSSR count). The minimum atomic E-state index is -1.58. The lowest BCUT2D eigenvalue weighted by Gasteiger charge is -2.31. The van der Waals surface area contributed by atoms with E-state index in [1.165, 1.54) is 0 Å². The van der Waals surface area contributed by atoms with Crippen molar-refractivity contribution in [2.24, 2.45) is 0 Å². The average molecular weight is 330 g/mol. The molecule has 0 bridgehead atoms. The highest BCUT2D eigenvalue weighted by atomic mass is 17.3. The Morgan fingerprint density at radius 1 is 0.720 bits per heavy atom. The zero-order valence-electron chi connectivity index (χ0n) is 13.2. The molecule has 25 heavy (non-hydrogen) atoms. The lowest BCUT2D eigenvalue weighted by Crippen LogP contribution is -2.40. The molecule has 1 heterocycles. The van der Waals surface area contributed by atoms with E-state index in [1.54, 1.807) is 6.07 Å². The van der Waals surface area contributed by atoms with E-state index < -0.39 is 12.1 Å². The molecule has 1 aliphatic carbocycles. The molecule has 122 valence electrons. The summed E-state index contributed by atoms with van der Waals surface area (Å²) in [4.78, 5) is 24.3. The van der Waals surface area contributed by atoms with Crippen molar-refractivity contribution in [3.05, 3.63) is 95.6 Å². The highest BCUT2D eigenvalue weighted by Gasteiger charge is 2.56. The predicted molar refractivity (Wildman–Crippen MR) is 90.3 cm³/mol. The molecule has 2 aliphatic rings. The van der Waals surface area contributed by atoms with Crippen molar-refractivity contribution in [2.45, 2.75) is 12.1 Å². The number of carbonyl (C=O) groups is 1. The van der Waals surface area contributed by atoms with Crippen LogP contribution in [-0.2, 0) is 20.3 Å². The Morgan fingerprint density at radius 3 is 2.16 bits per heavy atom. The summed E-state index contributed by atoms with van der Waals surface area (Å²) in [7, 11) is 0. The second kappa shape index (κ2) is 5.36. The zero-order chi connectivity index (χ0) is 16.9. The molecule has 0 amide bonds. The number of carbonyl (C=O) groups excluding carboxylic acids is 1. The summed E-state index contributed by atoms with van der Waals surface area (Å²) in [6.45, 7) is 0. The summed E-state index contributed by atoms with van der Waals surface area (Å²) in [5, 5.41) is 0. The van der Waals surface area contributed by atoms with Gasteiger partial charge in [0.05, 0.1) is 0 Å². The van der Waals surface area contributed by atoms with E-state index in [9.17, 15) is 4.79 Å². The van der Waals surface area contributed by atoms with Gasteiger partial charge in [-0.3, -0.25) is 4.79 Å². The number of ether oxygens (including phenoxy) is 1. The molecule has 4 heteroatoms. The normalized spacial score (nSPS) is 24.2. The van der Waals surface area contributed by atoms with Gasteiger partial charge in [-0.05, 0) is 11.1 Å². The lowest BCUT2D eigenvalue weighted by atomic mass is 9.80. The summed E-state index contributed by atoms with van der Waals surface area (Å²) >= 11 is 0. The van der Waals surface area contributed by atoms with Crippen LogP contribution >= 0.6 is 0 Å². The second-order valence-corrected chi connectivity index (χ2v) is 6.08. The fourth-order valence-electron chi connectivity index (χ4n) is 3.46.